The monoisotopic (exact) mass is 351 g/mol. The van der Waals surface area contributed by atoms with Crippen LogP contribution in [0, 0.1) is 0 Å². The van der Waals surface area contributed by atoms with Crippen LogP contribution in [0.5, 0.6) is 0 Å². The minimum Gasteiger partial charge on any atom is -0.344 e. The van der Waals surface area contributed by atoms with Gasteiger partial charge >= 0.3 is 0 Å². The van der Waals surface area contributed by atoms with Gasteiger partial charge in [0.2, 0.25) is 5.91 Å². The van der Waals surface area contributed by atoms with Crippen molar-refractivity contribution >= 4 is 17.7 Å². The molecule has 0 radical (unpaired) electrons. The molecule has 0 aliphatic carbocycles. The lowest BCUT2D eigenvalue weighted by atomic mass is 9.98. The lowest BCUT2D eigenvalue weighted by molar-refractivity contribution is -0.120. The highest BCUT2D eigenvalue weighted by Crippen LogP contribution is 2.25. The topological polar surface area (TPSA) is 46.9 Å². The first-order valence-electron chi connectivity index (χ1n) is 8.19. The minimum atomic E-state index is -0.240. The molecule has 0 saturated carbocycles. The van der Waals surface area contributed by atoms with Crippen molar-refractivity contribution in [3.8, 4) is 0 Å². The van der Waals surface area contributed by atoms with E-state index in [2.05, 4.69) is 10.3 Å². The Balaban J connectivity index is 1.78. The van der Waals surface area contributed by atoms with Gasteiger partial charge in [-0.1, -0.05) is 72.4 Å². The first kappa shape index (κ1) is 17.3. The van der Waals surface area contributed by atoms with E-state index in [1.54, 1.807) is 6.20 Å². The highest BCUT2D eigenvalue weighted by molar-refractivity contribution is 8.00. The second-order valence-electron chi connectivity index (χ2n) is 5.84. The Hall–Kier alpha value is -2.53. The predicted molar refractivity (Wildman–Crippen MR) is 101 cm³/mol. The molecule has 0 fully saturated rings. The smallest absolute Gasteiger partial charge is 0.234 e. The standard InChI is InChI=1S/C20H21N3OS/c1-15(25-20-21-13-14-23(20)2)19(24)22-18(16-9-5-3-6-10-16)17-11-7-4-8-12-17/h3-15,18H,1-2H3,(H,22,24)/t15-/m1/s1. The number of imidazole rings is 1. The van der Waals surface area contributed by atoms with Crippen LogP contribution >= 0.6 is 11.8 Å². The number of aromatic nitrogens is 2. The molecule has 1 atom stereocenters. The normalized spacial score (nSPS) is 12.1. The van der Waals surface area contributed by atoms with Gasteiger partial charge in [0.15, 0.2) is 5.16 Å². The number of aryl methyl sites for hydroxylation is 1. The van der Waals surface area contributed by atoms with E-state index >= 15 is 0 Å². The molecule has 3 rings (SSSR count). The number of carbonyl (C=O) groups excluding carboxylic acids is 1. The van der Waals surface area contributed by atoms with E-state index < -0.39 is 0 Å². The van der Waals surface area contributed by atoms with Crippen LogP contribution in [0.25, 0.3) is 0 Å². The number of benzene rings is 2. The molecule has 0 unspecified atom stereocenters. The van der Waals surface area contributed by atoms with E-state index in [0.29, 0.717) is 0 Å². The molecule has 4 nitrogen and oxygen atoms in total. The molecule has 2 aromatic carbocycles. The Labute approximate surface area is 152 Å². The Morgan fingerprint density at radius 2 is 1.60 bits per heavy atom. The van der Waals surface area contributed by atoms with E-state index in [9.17, 15) is 4.79 Å². The zero-order valence-corrected chi connectivity index (χ0v) is 15.1. The fraction of sp³-hybridized carbons (Fsp3) is 0.200. The summed E-state index contributed by atoms with van der Waals surface area (Å²) in [7, 11) is 1.93. The molecule has 25 heavy (non-hydrogen) atoms. The molecule has 3 aromatic rings. The summed E-state index contributed by atoms with van der Waals surface area (Å²) < 4.78 is 1.92. The van der Waals surface area contributed by atoms with Crippen LogP contribution in [-0.2, 0) is 11.8 Å². The molecule has 1 aromatic heterocycles. The van der Waals surface area contributed by atoms with Crippen LogP contribution in [0.4, 0.5) is 0 Å². The Morgan fingerprint density at radius 1 is 1.04 bits per heavy atom. The summed E-state index contributed by atoms with van der Waals surface area (Å²) in [5, 5.41) is 3.78. The van der Waals surface area contributed by atoms with Crippen molar-refractivity contribution in [3.05, 3.63) is 84.2 Å². The maximum absolute atomic E-state index is 12.8. The van der Waals surface area contributed by atoms with E-state index in [1.807, 2.05) is 85.4 Å². The van der Waals surface area contributed by atoms with Crippen LogP contribution in [0.3, 0.4) is 0 Å². The third kappa shape index (κ3) is 4.31. The van der Waals surface area contributed by atoms with Crippen molar-refractivity contribution in [2.24, 2.45) is 7.05 Å². The fourth-order valence-electron chi connectivity index (χ4n) is 2.59. The maximum atomic E-state index is 12.8. The van der Waals surface area contributed by atoms with E-state index in [4.69, 9.17) is 0 Å². The van der Waals surface area contributed by atoms with Crippen molar-refractivity contribution in [2.75, 3.05) is 0 Å². The summed E-state index contributed by atoms with van der Waals surface area (Å²) in [6.07, 6.45) is 3.62. The number of carbonyl (C=O) groups is 1. The largest absolute Gasteiger partial charge is 0.344 e. The third-order valence-electron chi connectivity index (χ3n) is 3.98. The van der Waals surface area contributed by atoms with Gasteiger partial charge in [-0.2, -0.15) is 0 Å². The van der Waals surface area contributed by atoms with Crippen LogP contribution in [-0.4, -0.2) is 20.7 Å². The number of thioether (sulfide) groups is 1. The molecule has 0 saturated heterocycles. The zero-order valence-electron chi connectivity index (χ0n) is 14.3. The maximum Gasteiger partial charge on any atom is 0.234 e. The van der Waals surface area contributed by atoms with Crippen LogP contribution in [0.1, 0.15) is 24.1 Å². The summed E-state index contributed by atoms with van der Waals surface area (Å²) in [5.74, 6) is -0.00861. The summed E-state index contributed by atoms with van der Waals surface area (Å²) in [5.41, 5.74) is 2.13. The lowest BCUT2D eigenvalue weighted by Gasteiger charge is -2.22. The van der Waals surface area contributed by atoms with Gasteiger partial charge in [0.1, 0.15) is 0 Å². The second-order valence-corrected chi connectivity index (χ2v) is 7.15. The summed E-state index contributed by atoms with van der Waals surface area (Å²) in [4.78, 5) is 17.0. The molecule has 0 spiro atoms. The van der Waals surface area contributed by atoms with E-state index in [0.717, 1.165) is 16.3 Å². The van der Waals surface area contributed by atoms with Crippen LogP contribution in [0.2, 0.25) is 0 Å². The molecular weight excluding hydrogens is 330 g/mol. The average molecular weight is 351 g/mol. The first-order valence-corrected chi connectivity index (χ1v) is 9.07. The minimum absolute atomic E-state index is 0.00861. The van der Waals surface area contributed by atoms with Gasteiger partial charge in [-0.3, -0.25) is 4.79 Å². The van der Waals surface area contributed by atoms with Gasteiger partial charge in [-0.15, -0.1) is 0 Å². The molecule has 0 bridgehead atoms. The first-order chi connectivity index (χ1) is 12.1. The predicted octanol–water partition coefficient (Wildman–Crippen LogP) is 3.81. The Bertz CT molecular complexity index is 778. The Morgan fingerprint density at radius 3 is 2.08 bits per heavy atom. The molecule has 1 amide bonds. The molecule has 5 heteroatoms. The van der Waals surface area contributed by atoms with Gasteiger partial charge in [-0.05, 0) is 18.1 Å². The quantitative estimate of drug-likeness (QED) is 0.687. The number of hydrogen-bond donors (Lipinski definition) is 1. The van der Waals surface area contributed by atoms with Crippen molar-refractivity contribution in [3.63, 3.8) is 0 Å². The number of nitrogens with zero attached hydrogens (tertiary/aromatic N) is 2. The van der Waals surface area contributed by atoms with E-state index in [-0.39, 0.29) is 17.2 Å². The number of nitrogens with one attached hydrogen (secondary N) is 1. The van der Waals surface area contributed by atoms with Gasteiger partial charge in [0, 0.05) is 19.4 Å². The zero-order chi connectivity index (χ0) is 17.6. The van der Waals surface area contributed by atoms with Crippen molar-refractivity contribution in [2.45, 2.75) is 23.4 Å². The highest BCUT2D eigenvalue weighted by Gasteiger charge is 2.22. The lowest BCUT2D eigenvalue weighted by Crippen LogP contribution is -2.35. The summed E-state index contributed by atoms with van der Waals surface area (Å²) in [6.45, 7) is 1.90. The molecule has 0 aliphatic rings. The SMILES string of the molecule is C[C@@H](Sc1nccn1C)C(=O)NC(c1ccccc1)c1ccccc1. The van der Waals surface area contributed by atoms with Gasteiger partial charge < -0.3 is 9.88 Å². The van der Waals surface area contributed by atoms with E-state index in [1.165, 1.54) is 11.8 Å². The highest BCUT2D eigenvalue weighted by atomic mass is 32.2. The molecule has 1 heterocycles. The van der Waals surface area contributed by atoms with Gasteiger partial charge in [0.05, 0.1) is 11.3 Å². The number of hydrogen-bond acceptors (Lipinski definition) is 3. The van der Waals surface area contributed by atoms with Gasteiger partial charge in [-0.25, -0.2) is 4.98 Å². The van der Waals surface area contributed by atoms with Crippen molar-refractivity contribution in [1.82, 2.24) is 14.9 Å². The second kappa shape index (κ2) is 8.03. The Kier molecular flexibility index (Phi) is 5.56. The number of rotatable bonds is 6. The third-order valence-corrected chi connectivity index (χ3v) is 5.15. The molecule has 1 N–H and O–H groups in total. The summed E-state index contributed by atoms with van der Waals surface area (Å²) >= 11 is 1.46. The average Bonchev–Trinajstić information content (AvgIpc) is 3.05. The van der Waals surface area contributed by atoms with Gasteiger partial charge in [0.25, 0.3) is 0 Å². The summed E-state index contributed by atoms with van der Waals surface area (Å²) in [6, 6.07) is 19.9. The van der Waals surface area contributed by atoms with Crippen molar-refractivity contribution in [1.29, 1.82) is 0 Å². The van der Waals surface area contributed by atoms with Crippen LogP contribution < -0.4 is 5.32 Å². The molecule has 128 valence electrons. The fourth-order valence-corrected chi connectivity index (χ4v) is 3.43. The molecular formula is C20H21N3OS. The van der Waals surface area contributed by atoms with Crippen molar-refractivity contribution < 1.29 is 4.79 Å². The molecule has 0 aliphatic heterocycles. The number of amides is 1. The van der Waals surface area contributed by atoms with Crippen LogP contribution in [0.15, 0.2) is 78.2 Å².